The number of hydrogen-bond donors (Lipinski definition) is 2. The van der Waals surface area contributed by atoms with E-state index in [9.17, 15) is 13.2 Å². The van der Waals surface area contributed by atoms with Crippen LogP contribution < -0.4 is 10.0 Å². The molecule has 1 saturated heterocycles. The highest BCUT2D eigenvalue weighted by Crippen LogP contribution is 2.34. The first-order chi connectivity index (χ1) is 16.0. The van der Waals surface area contributed by atoms with Crippen molar-refractivity contribution in [2.75, 3.05) is 32.8 Å². The number of carbonyl (C=O) groups is 1. The van der Waals surface area contributed by atoms with Gasteiger partial charge in [-0.05, 0) is 36.6 Å². The first-order valence-corrected chi connectivity index (χ1v) is 13.2. The summed E-state index contributed by atoms with van der Waals surface area (Å²) in [5, 5.41) is 3.11. The van der Waals surface area contributed by atoms with Gasteiger partial charge in [0.05, 0.1) is 18.1 Å². The topological polar surface area (TPSA) is 87.7 Å². The molecule has 0 unspecified atom stereocenters. The predicted octanol–water partition coefficient (Wildman–Crippen LogP) is 2.93. The van der Waals surface area contributed by atoms with E-state index in [4.69, 9.17) is 4.74 Å². The first-order valence-electron chi connectivity index (χ1n) is 11.7. The molecule has 2 fully saturated rings. The van der Waals surface area contributed by atoms with Gasteiger partial charge in [-0.3, -0.25) is 9.69 Å². The Labute approximate surface area is 196 Å². The average Bonchev–Trinajstić information content (AvgIpc) is 2.88. The molecule has 4 rings (SSSR count). The van der Waals surface area contributed by atoms with Crippen molar-refractivity contribution in [1.29, 1.82) is 0 Å². The Balaban J connectivity index is 1.42. The summed E-state index contributed by atoms with van der Waals surface area (Å²) in [6.45, 7) is 3.99. The number of hydrogen-bond acceptors (Lipinski definition) is 5. The molecule has 8 heteroatoms. The number of sulfonamides is 1. The molecule has 0 spiro atoms. The van der Waals surface area contributed by atoms with Crippen LogP contribution in [-0.2, 0) is 21.3 Å². The van der Waals surface area contributed by atoms with Gasteiger partial charge in [0.1, 0.15) is 0 Å². The van der Waals surface area contributed by atoms with Crippen LogP contribution in [0.3, 0.4) is 0 Å². The molecule has 1 amide bonds. The Morgan fingerprint density at radius 3 is 2.42 bits per heavy atom. The molecular formula is C25H33N3O4S. The Hall–Kier alpha value is -2.26. The fourth-order valence-electron chi connectivity index (χ4n) is 4.86. The number of nitrogens with zero attached hydrogens (tertiary/aromatic N) is 1. The summed E-state index contributed by atoms with van der Waals surface area (Å²) >= 11 is 0. The molecule has 0 atom stereocenters. The van der Waals surface area contributed by atoms with Crippen LogP contribution in [0, 0.1) is 0 Å². The normalized spacial score (nSPS) is 19.2. The van der Waals surface area contributed by atoms with Gasteiger partial charge in [-0.25, -0.2) is 13.1 Å². The molecule has 0 bridgehead atoms. The van der Waals surface area contributed by atoms with Crippen LogP contribution in [0.4, 0.5) is 0 Å². The van der Waals surface area contributed by atoms with Gasteiger partial charge in [0.2, 0.25) is 10.0 Å². The van der Waals surface area contributed by atoms with Gasteiger partial charge in [-0.15, -0.1) is 0 Å². The standard InChI is InChI=1S/C25H33N3O4S/c29-24(26-20-25(12-5-2-6-13-25)28-14-16-32-17-15-28)22-10-7-11-23(18-22)33(30,31)27-19-21-8-3-1-4-9-21/h1,3-4,7-11,18,27H,2,5-6,12-17,19-20H2,(H,26,29). The minimum Gasteiger partial charge on any atom is -0.379 e. The molecule has 33 heavy (non-hydrogen) atoms. The molecular weight excluding hydrogens is 438 g/mol. The summed E-state index contributed by atoms with van der Waals surface area (Å²) in [5.41, 5.74) is 1.18. The Kier molecular flexibility index (Phi) is 7.80. The Morgan fingerprint density at radius 1 is 0.970 bits per heavy atom. The quantitative estimate of drug-likeness (QED) is 0.618. The van der Waals surface area contributed by atoms with Crippen molar-refractivity contribution < 1.29 is 17.9 Å². The van der Waals surface area contributed by atoms with Crippen LogP contribution in [0.2, 0.25) is 0 Å². The van der Waals surface area contributed by atoms with Crippen molar-refractivity contribution >= 4 is 15.9 Å². The zero-order valence-electron chi connectivity index (χ0n) is 19.0. The second-order valence-corrected chi connectivity index (χ2v) is 10.7. The molecule has 2 aromatic rings. The first kappa shape index (κ1) is 23.9. The summed E-state index contributed by atoms with van der Waals surface area (Å²) in [4.78, 5) is 15.6. The Bertz CT molecular complexity index is 1030. The average molecular weight is 472 g/mol. The molecule has 1 saturated carbocycles. The summed E-state index contributed by atoms with van der Waals surface area (Å²) in [6, 6.07) is 15.6. The van der Waals surface area contributed by atoms with E-state index in [0.717, 1.165) is 57.6 Å². The molecule has 2 aliphatic rings. The third-order valence-corrected chi connectivity index (χ3v) is 8.16. The van der Waals surface area contributed by atoms with Crippen LogP contribution in [0.25, 0.3) is 0 Å². The monoisotopic (exact) mass is 471 g/mol. The van der Waals surface area contributed by atoms with Gasteiger partial charge >= 0.3 is 0 Å². The molecule has 7 nitrogen and oxygen atoms in total. The van der Waals surface area contributed by atoms with E-state index in [2.05, 4.69) is 14.9 Å². The van der Waals surface area contributed by atoms with Crippen molar-refractivity contribution in [2.24, 2.45) is 0 Å². The van der Waals surface area contributed by atoms with E-state index >= 15 is 0 Å². The van der Waals surface area contributed by atoms with Gasteiger partial charge in [0, 0.05) is 37.3 Å². The number of amides is 1. The molecule has 0 aromatic heterocycles. The predicted molar refractivity (Wildman–Crippen MR) is 127 cm³/mol. The van der Waals surface area contributed by atoms with Crippen LogP contribution in [0.1, 0.15) is 48.0 Å². The second-order valence-electron chi connectivity index (χ2n) is 8.91. The summed E-state index contributed by atoms with van der Waals surface area (Å²) in [7, 11) is -3.73. The fraction of sp³-hybridized carbons (Fsp3) is 0.480. The van der Waals surface area contributed by atoms with Crippen molar-refractivity contribution in [3.63, 3.8) is 0 Å². The molecule has 178 valence electrons. The van der Waals surface area contributed by atoms with E-state index in [0.29, 0.717) is 12.1 Å². The van der Waals surface area contributed by atoms with Gasteiger partial charge < -0.3 is 10.1 Å². The van der Waals surface area contributed by atoms with E-state index < -0.39 is 10.0 Å². The summed E-state index contributed by atoms with van der Waals surface area (Å²) in [6.07, 6.45) is 5.67. The molecule has 2 aromatic carbocycles. The van der Waals surface area contributed by atoms with E-state index in [-0.39, 0.29) is 22.9 Å². The molecule has 1 aliphatic carbocycles. The van der Waals surface area contributed by atoms with Crippen molar-refractivity contribution in [2.45, 2.75) is 49.1 Å². The lowest BCUT2D eigenvalue weighted by Gasteiger charge is -2.48. The number of benzene rings is 2. The Morgan fingerprint density at radius 2 is 1.70 bits per heavy atom. The number of ether oxygens (including phenoxy) is 1. The van der Waals surface area contributed by atoms with Crippen LogP contribution in [0.15, 0.2) is 59.5 Å². The minimum absolute atomic E-state index is 0.0430. The van der Waals surface area contributed by atoms with Crippen LogP contribution >= 0.6 is 0 Å². The highest BCUT2D eigenvalue weighted by atomic mass is 32.2. The highest BCUT2D eigenvalue weighted by Gasteiger charge is 2.38. The van der Waals surface area contributed by atoms with E-state index in [1.807, 2.05) is 30.3 Å². The molecule has 1 aliphatic heterocycles. The number of morpholine rings is 1. The third-order valence-electron chi connectivity index (χ3n) is 6.76. The SMILES string of the molecule is O=C(NCC1(N2CCOCC2)CCCCC1)c1cccc(S(=O)(=O)NCc2ccccc2)c1. The third kappa shape index (κ3) is 6.00. The summed E-state index contributed by atoms with van der Waals surface area (Å²) < 4.78 is 33.7. The zero-order valence-corrected chi connectivity index (χ0v) is 19.8. The lowest BCUT2D eigenvalue weighted by atomic mass is 9.79. The minimum atomic E-state index is -3.73. The molecule has 1 heterocycles. The van der Waals surface area contributed by atoms with Gasteiger partial charge in [0.15, 0.2) is 0 Å². The number of nitrogens with one attached hydrogen (secondary N) is 2. The van der Waals surface area contributed by atoms with E-state index in [1.54, 1.807) is 12.1 Å². The lowest BCUT2D eigenvalue weighted by Crippen LogP contribution is -2.59. The smallest absolute Gasteiger partial charge is 0.251 e. The maximum atomic E-state index is 13.0. The highest BCUT2D eigenvalue weighted by molar-refractivity contribution is 7.89. The maximum Gasteiger partial charge on any atom is 0.251 e. The van der Waals surface area contributed by atoms with E-state index in [1.165, 1.54) is 18.6 Å². The van der Waals surface area contributed by atoms with Crippen LogP contribution in [0.5, 0.6) is 0 Å². The lowest BCUT2D eigenvalue weighted by molar-refractivity contribution is -0.0361. The van der Waals surface area contributed by atoms with Crippen LogP contribution in [-0.4, -0.2) is 57.6 Å². The van der Waals surface area contributed by atoms with Crippen molar-refractivity contribution in [1.82, 2.24) is 14.9 Å². The van der Waals surface area contributed by atoms with Gasteiger partial charge in [0.25, 0.3) is 5.91 Å². The molecule has 2 N–H and O–H groups in total. The largest absolute Gasteiger partial charge is 0.379 e. The maximum absolute atomic E-state index is 13.0. The van der Waals surface area contributed by atoms with Crippen molar-refractivity contribution in [3.05, 3.63) is 65.7 Å². The van der Waals surface area contributed by atoms with Gasteiger partial charge in [-0.2, -0.15) is 0 Å². The summed E-state index contributed by atoms with van der Waals surface area (Å²) in [5.74, 6) is -0.242. The van der Waals surface area contributed by atoms with Crippen molar-refractivity contribution in [3.8, 4) is 0 Å². The number of rotatable bonds is 8. The zero-order chi connectivity index (χ0) is 23.2. The van der Waals surface area contributed by atoms with Gasteiger partial charge in [-0.1, -0.05) is 55.7 Å². The fourth-order valence-corrected chi connectivity index (χ4v) is 5.92. The second kappa shape index (κ2) is 10.8. The number of carbonyl (C=O) groups excluding carboxylic acids is 1. The molecule has 0 radical (unpaired) electrons.